The van der Waals surface area contributed by atoms with Gasteiger partial charge >= 0.3 is 7.25 Å². The molecule has 1 aromatic rings. The van der Waals surface area contributed by atoms with Crippen LogP contribution in [0.1, 0.15) is 19.7 Å². The van der Waals surface area contributed by atoms with Gasteiger partial charge in [-0.25, -0.2) is 0 Å². The van der Waals surface area contributed by atoms with Crippen molar-refractivity contribution in [3.63, 3.8) is 0 Å². The monoisotopic (exact) mass is 284 g/mol. The molecule has 11 heteroatoms. The lowest BCUT2D eigenvalue weighted by atomic mass is 10.3. The van der Waals surface area contributed by atoms with Gasteiger partial charge in [-0.3, -0.25) is 9.59 Å². The van der Waals surface area contributed by atoms with Gasteiger partial charge in [-0.2, -0.15) is 0 Å². The topological polar surface area (TPSA) is 68.7 Å². The van der Waals surface area contributed by atoms with Crippen molar-refractivity contribution in [2.75, 3.05) is 0 Å². The summed E-state index contributed by atoms with van der Waals surface area (Å²) in [5, 5.41) is 7.51. The van der Waals surface area contributed by atoms with Crippen LogP contribution in [0.4, 0.5) is 17.3 Å². The highest BCUT2D eigenvalue weighted by atomic mass is 19.5. The molecular formula is C8H13BF4N4O2. The first-order valence-corrected chi connectivity index (χ1v) is 5.15. The number of aromatic nitrogens is 4. The number of carbonyl (C=O) groups is 2. The average Bonchev–Trinajstić information content (AvgIpc) is 2.45. The fourth-order valence-electron chi connectivity index (χ4n) is 1.14. The molecule has 1 heterocycles. The fourth-order valence-corrected chi connectivity index (χ4v) is 1.14. The second-order valence-electron chi connectivity index (χ2n) is 3.75. The number of tetrazole rings is 1. The molecule has 19 heavy (non-hydrogen) atoms. The molecule has 0 atom stereocenters. The molecule has 0 aliphatic carbocycles. The predicted molar refractivity (Wildman–Crippen MR) is 56.5 cm³/mol. The van der Waals surface area contributed by atoms with Crippen molar-refractivity contribution in [3.05, 3.63) is 5.82 Å². The number of ketones is 2. The first-order valence-electron chi connectivity index (χ1n) is 5.15. The van der Waals surface area contributed by atoms with E-state index in [1.165, 1.54) is 23.2 Å². The van der Waals surface area contributed by atoms with Gasteiger partial charge in [-0.1, -0.05) is 4.68 Å². The highest BCUT2D eigenvalue weighted by molar-refractivity contribution is 6.50. The summed E-state index contributed by atoms with van der Waals surface area (Å²) in [6.45, 7) is 3.13. The molecule has 1 rings (SSSR count). The quantitative estimate of drug-likeness (QED) is 0.447. The van der Waals surface area contributed by atoms with E-state index in [4.69, 9.17) is 0 Å². The first-order chi connectivity index (χ1) is 8.50. The van der Waals surface area contributed by atoms with E-state index in [0.717, 1.165) is 0 Å². The molecule has 0 aliphatic heterocycles. The van der Waals surface area contributed by atoms with Crippen molar-refractivity contribution in [1.29, 1.82) is 0 Å². The van der Waals surface area contributed by atoms with Crippen molar-refractivity contribution in [2.24, 2.45) is 7.05 Å². The van der Waals surface area contributed by atoms with E-state index in [1.54, 1.807) is 7.05 Å². The standard InChI is InChI=1S/C8H13N4O2.BF4/c1-6(13)4-8-11(3)9-10-12(8)5-7(2)14;2-1(3,4)5/h4-5H2,1-3H3;/q+1;-1. The third-order valence-corrected chi connectivity index (χ3v) is 1.73. The minimum absolute atomic E-state index is 0.0136. The average molecular weight is 284 g/mol. The summed E-state index contributed by atoms with van der Waals surface area (Å²) in [5.41, 5.74) is 0. The molecule has 1 aromatic heterocycles. The Morgan fingerprint density at radius 1 is 1.21 bits per heavy atom. The zero-order chi connectivity index (χ0) is 15.2. The molecule has 0 aliphatic rings. The molecule has 0 amide bonds. The Labute approximate surface area is 106 Å². The molecule has 0 radical (unpaired) electrons. The van der Waals surface area contributed by atoms with Crippen molar-refractivity contribution < 1.29 is 31.5 Å². The summed E-state index contributed by atoms with van der Waals surface area (Å²) in [7, 11) is -4.30. The number of halogens is 4. The number of Topliss-reactive ketones (excluding diaryl/α,β-unsaturated/α-hetero) is 2. The maximum atomic E-state index is 10.9. The smallest absolute Gasteiger partial charge is 0.418 e. The van der Waals surface area contributed by atoms with Crippen molar-refractivity contribution in [2.45, 2.75) is 26.8 Å². The van der Waals surface area contributed by atoms with Gasteiger partial charge in [0.25, 0.3) is 5.82 Å². The van der Waals surface area contributed by atoms with E-state index in [0.29, 0.717) is 5.82 Å². The number of nitrogens with zero attached hydrogens (tertiary/aromatic N) is 4. The van der Waals surface area contributed by atoms with Crippen LogP contribution in [0.15, 0.2) is 0 Å². The lowest BCUT2D eigenvalue weighted by Crippen LogP contribution is -2.37. The molecular weight excluding hydrogens is 271 g/mol. The van der Waals surface area contributed by atoms with Crippen LogP contribution in [0.2, 0.25) is 0 Å². The van der Waals surface area contributed by atoms with Crippen LogP contribution in [0.3, 0.4) is 0 Å². The molecule has 0 bridgehead atoms. The third kappa shape index (κ3) is 8.86. The summed E-state index contributed by atoms with van der Waals surface area (Å²) < 4.78 is 42.0. The number of rotatable bonds is 4. The van der Waals surface area contributed by atoms with E-state index in [2.05, 4.69) is 10.4 Å². The summed E-state index contributed by atoms with van der Waals surface area (Å²) >= 11 is 0. The number of aryl methyl sites for hydroxylation is 1. The molecule has 0 saturated heterocycles. The zero-order valence-corrected chi connectivity index (χ0v) is 10.6. The zero-order valence-electron chi connectivity index (χ0n) is 10.6. The van der Waals surface area contributed by atoms with E-state index in [1.807, 2.05) is 0 Å². The largest absolute Gasteiger partial charge is 0.673 e. The summed E-state index contributed by atoms with van der Waals surface area (Å²) in [5.74, 6) is 0.653. The molecule has 0 saturated carbocycles. The Bertz CT molecular complexity index is 454. The van der Waals surface area contributed by atoms with Crippen LogP contribution in [0.5, 0.6) is 0 Å². The number of carbonyl (C=O) groups excluding carboxylic acids is 2. The Kier molecular flexibility index (Phi) is 6.29. The van der Waals surface area contributed by atoms with Crippen LogP contribution in [0, 0.1) is 0 Å². The van der Waals surface area contributed by atoms with Gasteiger partial charge in [-0.15, -0.1) is 4.68 Å². The van der Waals surface area contributed by atoms with Gasteiger partial charge in [0.05, 0.1) is 13.5 Å². The normalized spacial score (nSPS) is 10.7. The van der Waals surface area contributed by atoms with Crippen molar-refractivity contribution in [1.82, 2.24) is 15.1 Å². The first kappa shape index (κ1) is 17.2. The maximum Gasteiger partial charge on any atom is 0.673 e. The van der Waals surface area contributed by atoms with Crippen molar-refractivity contribution in [3.8, 4) is 0 Å². The lowest BCUT2D eigenvalue weighted by Gasteiger charge is -1.94. The Balaban J connectivity index is 0.000000555. The van der Waals surface area contributed by atoms with Gasteiger partial charge in [-0.05, 0) is 13.8 Å². The molecule has 108 valence electrons. The van der Waals surface area contributed by atoms with Gasteiger partial charge < -0.3 is 17.3 Å². The lowest BCUT2D eigenvalue weighted by molar-refractivity contribution is -0.738. The van der Waals surface area contributed by atoms with E-state index in [-0.39, 0.29) is 24.5 Å². The molecule has 0 aromatic carbocycles. The SMILES string of the molecule is CC(=O)Cc1n(CC(C)=O)nn[n+]1C.F[B-](F)(F)F. The molecule has 6 nitrogen and oxygen atoms in total. The van der Waals surface area contributed by atoms with E-state index < -0.39 is 7.25 Å². The molecule has 0 fully saturated rings. The van der Waals surface area contributed by atoms with Gasteiger partial charge in [0.2, 0.25) is 0 Å². The fraction of sp³-hybridized carbons (Fsp3) is 0.625. The van der Waals surface area contributed by atoms with Gasteiger partial charge in [0, 0.05) is 0 Å². The summed E-state index contributed by atoms with van der Waals surface area (Å²) in [6, 6.07) is 0. The minimum atomic E-state index is -6.00. The molecule has 0 N–H and O–H groups in total. The van der Waals surface area contributed by atoms with E-state index in [9.17, 15) is 26.9 Å². The Morgan fingerprint density at radius 2 is 1.68 bits per heavy atom. The van der Waals surface area contributed by atoms with Crippen LogP contribution < -0.4 is 4.68 Å². The second kappa shape index (κ2) is 6.95. The summed E-state index contributed by atoms with van der Waals surface area (Å²) in [4.78, 5) is 21.8. The Morgan fingerprint density at radius 3 is 2.05 bits per heavy atom. The third-order valence-electron chi connectivity index (χ3n) is 1.73. The number of hydrogen-bond donors (Lipinski definition) is 0. The van der Waals surface area contributed by atoms with E-state index >= 15 is 0 Å². The van der Waals surface area contributed by atoms with Crippen LogP contribution in [-0.2, 0) is 29.6 Å². The van der Waals surface area contributed by atoms with Crippen LogP contribution in [0.25, 0.3) is 0 Å². The Hall–Kier alpha value is -1.81. The van der Waals surface area contributed by atoms with Crippen molar-refractivity contribution >= 4 is 18.8 Å². The highest BCUT2D eigenvalue weighted by Gasteiger charge is 2.21. The van der Waals surface area contributed by atoms with Gasteiger partial charge in [0.15, 0.2) is 17.5 Å². The minimum Gasteiger partial charge on any atom is -0.418 e. The highest BCUT2D eigenvalue weighted by Crippen LogP contribution is 2.06. The number of hydrogen-bond acceptors (Lipinski definition) is 4. The van der Waals surface area contributed by atoms with Crippen LogP contribution >= 0.6 is 0 Å². The molecule has 0 unspecified atom stereocenters. The predicted octanol–water partition coefficient (Wildman–Crippen LogP) is 0.123. The second-order valence-corrected chi connectivity index (χ2v) is 3.75. The summed E-state index contributed by atoms with van der Waals surface area (Å²) in [6.07, 6.45) is 0.247. The maximum absolute atomic E-state index is 10.9. The molecule has 0 spiro atoms. The van der Waals surface area contributed by atoms with Gasteiger partial charge in [0.1, 0.15) is 11.0 Å². The van der Waals surface area contributed by atoms with Crippen LogP contribution in [-0.4, -0.2) is 33.9 Å².